The number of benzene rings is 2. The largest absolute Gasteiger partial charge is 0.497 e. The lowest BCUT2D eigenvalue weighted by Gasteiger charge is -2.14. The molecule has 7 heteroatoms. The summed E-state index contributed by atoms with van der Waals surface area (Å²) in [5.74, 6) is 0.109. The summed E-state index contributed by atoms with van der Waals surface area (Å²) in [5.41, 5.74) is 0.877. The molecule has 0 aliphatic heterocycles. The molecule has 2 rings (SSSR count). The maximum atomic E-state index is 11.9. The smallest absolute Gasteiger partial charge is 0.347 e. The second-order valence-electron chi connectivity index (χ2n) is 5.45. The van der Waals surface area contributed by atoms with E-state index in [1.165, 1.54) is 6.92 Å². The van der Waals surface area contributed by atoms with Crippen molar-refractivity contribution in [1.82, 2.24) is 5.32 Å². The van der Waals surface area contributed by atoms with Crippen molar-refractivity contribution in [3.05, 3.63) is 59.1 Å². The summed E-state index contributed by atoms with van der Waals surface area (Å²) in [6.45, 7) is 1.46. The van der Waals surface area contributed by atoms with E-state index in [-0.39, 0.29) is 6.61 Å². The molecule has 1 N–H and O–H groups in total. The van der Waals surface area contributed by atoms with E-state index >= 15 is 0 Å². The number of hydrogen-bond donors (Lipinski definition) is 1. The summed E-state index contributed by atoms with van der Waals surface area (Å²) in [5, 5.41) is 3.17. The van der Waals surface area contributed by atoms with Crippen LogP contribution in [0.5, 0.6) is 11.5 Å². The summed E-state index contributed by atoms with van der Waals surface area (Å²) < 4.78 is 15.5. The molecule has 6 nitrogen and oxygen atoms in total. The second-order valence-corrected chi connectivity index (χ2v) is 5.89. The molecule has 138 valence electrons. The fourth-order valence-corrected chi connectivity index (χ4v) is 2.26. The molecule has 1 unspecified atom stereocenters. The predicted molar refractivity (Wildman–Crippen MR) is 97.3 cm³/mol. The topological polar surface area (TPSA) is 73.9 Å². The molecule has 26 heavy (non-hydrogen) atoms. The Kier molecular flexibility index (Phi) is 7.29. The van der Waals surface area contributed by atoms with Gasteiger partial charge in [-0.15, -0.1) is 0 Å². The zero-order valence-electron chi connectivity index (χ0n) is 14.5. The number of methoxy groups -OCH3 is 1. The van der Waals surface area contributed by atoms with Gasteiger partial charge in [0.1, 0.15) is 11.5 Å². The second kappa shape index (κ2) is 9.68. The van der Waals surface area contributed by atoms with Crippen LogP contribution in [-0.2, 0) is 20.9 Å². The van der Waals surface area contributed by atoms with E-state index in [1.807, 2.05) is 24.3 Å². The molecule has 0 bridgehead atoms. The number of amides is 1. The van der Waals surface area contributed by atoms with Crippen molar-refractivity contribution in [2.75, 3.05) is 13.7 Å². The lowest BCUT2D eigenvalue weighted by atomic mass is 10.2. The zero-order valence-corrected chi connectivity index (χ0v) is 15.3. The van der Waals surface area contributed by atoms with Gasteiger partial charge < -0.3 is 19.5 Å². The molecule has 0 radical (unpaired) electrons. The van der Waals surface area contributed by atoms with Crippen molar-refractivity contribution in [1.29, 1.82) is 0 Å². The Labute approximate surface area is 157 Å². The van der Waals surface area contributed by atoms with E-state index in [2.05, 4.69) is 5.32 Å². The highest BCUT2D eigenvalue weighted by molar-refractivity contribution is 6.30. The first-order chi connectivity index (χ1) is 12.5. The van der Waals surface area contributed by atoms with Gasteiger partial charge in [-0.1, -0.05) is 29.8 Å². The molecule has 1 amide bonds. The van der Waals surface area contributed by atoms with Crippen LogP contribution in [0, 0.1) is 0 Å². The monoisotopic (exact) mass is 377 g/mol. The van der Waals surface area contributed by atoms with Crippen molar-refractivity contribution in [3.8, 4) is 11.5 Å². The lowest BCUT2D eigenvalue weighted by Crippen LogP contribution is -2.32. The Hall–Kier alpha value is -2.73. The minimum Gasteiger partial charge on any atom is -0.497 e. The summed E-state index contributed by atoms with van der Waals surface area (Å²) in [4.78, 5) is 23.7. The number of carbonyl (C=O) groups is 2. The Morgan fingerprint density at radius 3 is 2.58 bits per heavy atom. The molecule has 0 aliphatic rings. The minimum atomic E-state index is -0.861. The molecule has 1 atom stereocenters. The maximum Gasteiger partial charge on any atom is 0.347 e. The molecule has 0 aliphatic carbocycles. The van der Waals surface area contributed by atoms with E-state index in [0.717, 1.165) is 5.56 Å². The van der Waals surface area contributed by atoms with Gasteiger partial charge in [0.15, 0.2) is 12.7 Å². The predicted octanol–water partition coefficient (Wildman–Crippen LogP) is 2.98. The lowest BCUT2D eigenvalue weighted by molar-refractivity contribution is -0.154. The highest BCUT2D eigenvalue weighted by Gasteiger charge is 2.18. The minimum absolute atomic E-state index is 0.308. The first-order valence-electron chi connectivity index (χ1n) is 7.96. The van der Waals surface area contributed by atoms with Crippen molar-refractivity contribution in [2.45, 2.75) is 19.6 Å². The van der Waals surface area contributed by atoms with Crippen LogP contribution in [-0.4, -0.2) is 31.7 Å². The number of nitrogens with one attached hydrogen (secondary N) is 1. The third-order valence-electron chi connectivity index (χ3n) is 3.41. The van der Waals surface area contributed by atoms with Gasteiger partial charge in [0.05, 0.1) is 7.11 Å². The van der Waals surface area contributed by atoms with Crippen LogP contribution in [0.15, 0.2) is 48.5 Å². The van der Waals surface area contributed by atoms with E-state index in [4.69, 9.17) is 25.8 Å². The molecular weight excluding hydrogens is 358 g/mol. The van der Waals surface area contributed by atoms with Gasteiger partial charge in [-0.2, -0.15) is 0 Å². The number of halogens is 1. The Morgan fingerprint density at radius 1 is 1.12 bits per heavy atom. The number of carbonyl (C=O) groups excluding carboxylic acids is 2. The van der Waals surface area contributed by atoms with Gasteiger partial charge in [-0.05, 0) is 42.8 Å². The van der Waals surface area contributed by atoms with Gasteiger partial charge >= 0.3 is 5.97 Å². The summed E-state index contributed by atoms with van der Waals surface area (Å²) in [6, 6.07) is 14.0. The molecule has 0 spiro atoms. The van der Waals surface area contributed by atoms with Crippen LogP contribution in [0.3, 0.4) is 0 Å². The van der Waals surface area contributed by atoms with E-state index in [0.29, 0.717) is 23.1 Å². The van der Waals surface area contributed by atoms with E-state index in [9.17, 15) is 9.59 Å². The summed E-state index contributed by atoms with van der Waals surface area (Å²) >= 11 is 5.86. The van der Waals surface area contributed by atoms with Crippen LogP contribution in [0.25, 0.3) is 0 Å². The van der Waals surface area contributed by atoms with Crippen LogP contribution in [0.4, 0.5) is 0 Å². The Bertz CT molecular complexity index is 765. The first-order valence-corrected chi connectivity index (χ1v) is 8.34. The maximum absolute atomic E-state index is 11.9. The number of esters is 1. The van der Waals surface area contributed by atoms with Gasteiger partial charge in [-0.3, -0.25) is 4.79 Å². The fourth-order valence-electron chi connectivity index (χ4n) is 2.08. The normalized spacial score (nSPS) is 11.3. The molecule has 2 aromatic carbocycles. The SMILES string of the molecule is COc1cccc(CNC(=O)COC(=O)C(C)Oc2cccc(Cl)c2)c1. The van der Waals surface area contributed by atoms with Crippen LogP contribution in [0.2, 0.25) is 5.02 Å². The quantitative estimate of drug-likeness (QED) is 0.716. The van der Waals surface area contributed by atoms with Gasteiger partial charge in [-0.25, -0.2) is 4.79 Å². The van der Waals surface area contributed by atoms with Crippen LogP contribution >= 0.6 is 11.6 Å². The number of hydrogen-bond acceptors (Lipinski definition) is 5. The Morgan fingerprint density at radius 2 is 1.85 bits per heavy atom. The zero-order chi connectivity index (χ0) is 18.9. The average Bonchev–Trinajstić information content (AvgIpc) is 2.64. The van der Waals surface area contributed by atoms with Crippen molar-refractivity contribution < 1.29 is 23.8 Å². The molecule has 0 fully saturated rings. The Balaban J connectivity index is 1.74. The molecule has 0 aromatic heterocycles. The van der Waals surface area contributed by atoms with Crippen LogP contribution < -0.4 is 14.8 Å². The molecule has 0 heterocycles. The highest BCUT2D eigenvalue weighted by atomic mass is 35.5. The fraction of sp³-hybridized carbons (Fsp3) is 0.263. The van der Waals surface area contributed by atoms with Crippen molar-refractivity contribution >= 4 is 23.5 Å². The molecule has 0 saturated carbocycles. The summed E-state index contributed by atoms with van der Waals surface area (Å²) in [7, 11) is 1.57. The van der Waals surface area contributed by atoms with Gasteiger partial charge in [0.2, 0.25) is 0 Å². The van der Waals surface area contributed by atoms with Crippen molar-refractivity contribution in [2.24, 2.45) is 0 Å². The van der Waals surface area contributed by atoms with Crippen LogP contribution in [0.1, 0.15) is 12.5 Å². The van der Waals surface area contributed by atoms with Gasteiger partial charge in [0, 0.05) is 11.6 Å². The third kappa shape index (κ3) is 6.29. The molecule has 0 saturated heterocycles. The highest BCUT2D eigenvalue weighted by Crippen LogP contribution is 2.18. The third-order valence-corrected chi connectivity index (χ3v) is 3.65. The molecular formula is C19H20ClNO5. The summed E-state index contributed by atoms with van der Waals surface area (Å²) in [6.07, 6.45) is -0.861. The van der Waals surface area contributed by atoms with Gasteiger partial charge in [0.25, 0.3) is 5.91 Å². The molecule has 2 aromatic rings. The first kappa shape index (κ1) is 19.6. The number of rotatable bonds is 8. The standard InChI is InChI=1S/C19H20ClNO5/c1-13(26-17-8-4-6-15(20)10-17)19(23)25-12-18(22)21-11-14-5-3-7-16(9-14)24-2/h3-10,13H,11-12H2,1-2H3,(H,21,22). The van der Waals surface area contributed by atoms with E-state index in [1.54, 1.807) is 31.4 Å². The van der Waals surface area contributed by atoms with Crippen molar-refractivity contribution in [3.63, 3.8) is 0 Å². The van der Waals surface area contributed by atoms with E-state index < -0.39 is 18.0 Å². The average molecular weight is 378 g/mol. The number of ether oxygens (including phenoxy) is 3.